The summed E-state index contributed by atoms with van der Waals surface area (Å²) in [5.41, 5.74) is 0.928. The molecule has 1 aliphatic rings. The van der Waals surface area contributed by atoms with Crippen LogP contribution < -0.4 is 0 Å². The highest BCUT2D eigenvalue weighted by atomic mass is 35.5. The van der Waals surface area contributed by atoms with E-state index in [1.165, 1.54) is 0 Å². The normalized spacial score (nSPS) is 21.3. The van der Waals surface area contributed by atoms with Crippen molar-refractivity contribution in [3.05, 3.63) is 34.9 Å². The molecule has 2 atom stereocenters. The first-order chi connectivity index (χ1) is 9.17. The fourth-order valence-electron chi connectivity index (χ4n) is 2.30. The third-order valence-corrected chi connectivity index (χ3v) is 3.56. The number of rotatable bonds is 4. The molecule has 102 valence electrons. The average Bonchev–Trinajstić information content (AvgIpc) is 2.43. The lowest BCUT2D eigenvalue weighted by molar-refractivity contribution is -0.154. The van der Waals surface area contributed by atoms with Crippen molar-refractivity contribution in [1.29, 1.82) is 0 Å². The Morgan fingerprint density at radius 2 is 2.16 bits per heavy atom. The Morgan fingerprint density at radius 1 is 1.47 bits per heavy atom. The number of carbonyl (C=O) groups is 2. The lowest BCUT2D eigenvalue weighted by atomic mass is 10.0. The molecule has 1 aliphatic heterocycles. The first kappa shape index (κ1) is 14.0. The molecular formula is C14H16ClNO3. The van der Waals surface area contributed by atoms with Gasteiger partial charge in [0.05, 0.1) is 18.7 Å². The highest BCUT2D eigenvalue weighted by Crippen LogP contribution is 2.28. The second-order valence-corrected chi connectivity index (χ2v) is 4.93. The van der Waals surface area contributed by atoms with Gasteiger partial charge in [-0.05, 0) is 24.1 Å². The highest BCUT2D eigenvalue weighted by molar-refractivity contribution is 6.30. The Hall–Kier alpha value is -1.39. The van der Waals surface area contributed by atoms with Crippen molar-refractivity contribution in [2.45, 2.75) is 25.4 Å². The third kappa shape index (κ3) is 2.96. The molecule has 0 bridgehead atoms. The van der Waals surface area contributed by atoms with E-state index in [9.17, 15) is 9.59 Å². The van der Waals surface area contributed by atoms with Crippen LogP contribution >= 0.6 is 11.6 Å². The van der Waals surface area contributed by atoms with Gasteiger partial charge in [0.15, 0.2) is 0 Å². The van der Waals surface area contributed by atoms with Crippen molar-refractivity contribution in [2.24, 2.45) is 0 Å². The number of hydrogen-bond donors (Lipinski definition) is 0. The molecule has 0 aliphatic carbocycles. The Morgan fingerprint density at radius 3 is 2.74 bits per heavy atom. The van der Waals surface area contributed by atoms with Crippen molar-refractivity contribution in [3.63, 3.8) is 0 Å². The van der Waals surface area contributed by atoms with Gasteiger partial charge in [-0.2, -0.15) is 0 Å². The molecule has 0 N–H and O–H groups in total. The second kappa shape index (κ2) is 6.17. The Labute approximate surface area is 117 Å². The maximum atomic E-state index is 12.0. The minimum atomic E-state index is -0.405. The summed E-state index contributed by atoms with van der Waals surface area (Å²) >= 11 is 5.86. The number of aldehydes is 1. The molecule has 1 aromatic rings. The smallest absolute Gasteiger partial charge is 0.249 e. The number of amides is 1. The number of benzene rings is 1. The fourth-order valence-corrected chi connectivity index (χ4v) is 2.43. The average molecular weight is 282 g/mol. The summed E-state index contributed by atoms with van der Waals surface area (Å²) in [7, 11) is 0. The summed E-state index contributed by atoms with van der Waals surface area (Å²) in [4.78, 5) is 24.8. The lowest BCUT2D eigenvalue weighted by Crippen LogP contribution is -2.50. The van der Waals surface area contributed by atoms with Crippen LogP contribution in [0.25, 0.3) is 0 Å². The zero-order valence-corrected chi connectivity index (χ0v) is 11.5. The van der Waals surface area contributed by atoms with Gasteiger partial charge in [-0.1, -0.05) is 30.7 Å². The summed E-state index contributed by atoms with van der Waals surface area (Å²) in [5, 5.41) is 0.640. The van der Waals surface area contributed by atoms with E-state index in [1.807, 2.05) is 19.1 Å². The summed E-state index contributed by atoms with van der Waals surface area (Å²) in [5.74, 6) is -0.148. The van der Waals surface area contributed by atoms with Gasteiger partial charge >= 0.3 is 0 Å². The standard InChI is InChI=1S/C14H16ClNO3/c1-2-12(7-17)16-13(8-19-9-14(16)18)10-3-5-11(15)6-4-10/h3-7,12-13H,2,8-9H2,1H3. The summed E-state index contributed by atoms with van der Waals surface area (Å²) in [6.45, 7) is 2.33. The first-order valence-corrected chi connectivity index (χ1v) is 6.64. The molecule has 1 fully saturated rings. The van der Waals surface area contributed by atoms with E-state index in [4.69, 9.17) is 16.3 Å². The molecular weight excluding hydrogens is 266 g/mol. The number of nitrogens with zero attached hydrogens (tertiary/aromatic N) is 1. The Balaban J connectivity index is 2.31. The molecule has 5 heteroatoms. The van der Waals surface area contributed by atoms with E-state index in [2.05, 4.69) is 0 Å². The first-order valence-electron chi connectivity index (χ1n) is 6.27. The zero-order valence-electron chi connectivity index (χ0n) is 10.7. The van der Waals surface area contributed by atoms with E-state index < -0.39 is 6.04 Å². The Kier molecular flexibility index (Phi) is 4.56. The van der Waals surface area contributed by atoms with Gasteiger partial charge in [-0.3, -0.25) is 4.79 Å². The molecule has 1 amide bonds. The van der Waals surface area contributed by atoms with E-state index in [-0.39, 0.29) is 18.6 Å². The summed E-state index contributed by atoms with van der Waals surface area (Å²) in [6, 6.07) is 6.64. The molecule has 0 aromatic heterocycles. The lowest BCUT2D eigenvalue weighted by Gasteiger charge is -2.38. The molecule has 4 nitrogen and oxygen atoms in total. The topological polar surface area (TPSA) is 46.6 Å². The number of ether oxygens (including phenoxy) is 1. The van der Waals surface area contributed by atoms with Crippen LogP contribution in [-0.4, -0.2) is 36.3 Å². The highest BCUT2D eigenvalue weighted by Gasteiger charge is 2.34. The largest absolute Gasteiger partial charge is 0.369 e. The second-order valence-electron chi connectivity index (χ2n) is 4.50. The quantitative estimate of drug-likeness (QED) is 0.795. The molecule has 19 heavy (non-hydrogen) atoms. The van der Waals surface area contributed by atoms with Crippen molar-refractivity contribution < 1.29 is 14.3 Å². The maximum Gasteiger partial charge on any atom is 0.249 e. The molecule has 0 spiro atoms. The molecule has 1 aromatic carbocycles. The van der Waals surface area contributed by atoms with Crippen molar-refractivity contribution >= 4 is 23.8 Å². The van der Waals surface area contributed by atoms with Crippen LogP contribution in [0.15, 0.2) is 24.3 Å². The third-order valence-electron chi connectivity index (χ3n) is 3.31. The number of morpholine rings is 1. The van der Waals surface area contributed by atoms with Crippen molar-refractivity contribution in [2.75, 3.05) is 13.2 Å². The van der Waals surface area contributed by atoms with Gasteiger partial charge in [0.1, 0.15) is 12.9 Å². The maximum absolute atomic E-state index is 12.0. The molecule has 2 rings (SSSR count). The van der Waals surface area contributed by atoms with Crippen LogP contribution in [0.1, 0.15) is 24.9 Å². The molecule has 1 saturated heterocycles. The van der Waals surface area contributed by atoms with E-state index in [0.29, 0.717) is 18.1 Å². The predicted octanol–water partition coefficient (Wildman–Crippen LogP) is 2.22. The minimum absolute atomic E-state index is 0.0361. The SMILES string of the molecule is CCC(C=O)N1C(=O)COCC1c1ccc(Cl)cc1. The van der Waals surface area contributed by atoms with Gasteiger partial charge in [0.25, 0.3) is 0 Å². The molecule has 2 unspecified atom stereocenters. The number of halogens is 1. The molecule has 1 heterocycles. The van der Waals surface area contributed by atoms with Gasteiger partial charge < -0.3 is 14.4 Å². The molecule has 0 radical (unpaired) electrons. The van der Waals surface area contributed by atoms with E-state index in [1.54, 1.807) is 17.0 Å². The summed E-state index contributed by atoms with van der Waals surface area (Å²) < 4.78 is 5.31. The van der Waals surface area contributed by atoms with Crippen LogP contribution in [0.5, 0.6) is 0 Å². The van der Waals surface area contributed by atoms with Crippen molar-refractivity contribution in [1.82, 2.24) is 4.90 Å². The van der Waals surface area contributed by atoms with E-state index >= 15 is 0 Å². The predicted molar refractivity (Wildman–Crippen MR) is 72.0 cm³/mol. The van der Waals surface area contributed by atoms with Gasteiger partial charge in [-0.15, -0.1) is 0 Å². The van der Waals surface area contributed by atoms with Gasteiger partial charge in [-0.25, -0.2) is 0 Å². The van der Waals surface area contributed by atoms with Gasteiger partial charge in [0.2, 0.25) is 5.91 Å². The fraction of sp³-hybridized carbons (Fsp3) is 0.429. The van der Waals surface area contributed by atoms with Crippen LogP contribution in [-0.2, 0) is 14.3 Å². The monoisotopic (exact) mass is 281 g/mol. The zero-order chi connectivity index (χ0) is 13.8. The molecule has 0 saturated carbocycles. The van der Waals surface area contributed by atoms with Crippen LogP contribution in [0.2, 0.25) is 5.02 Å². The van der Waals surface area contributed by atoms with E-state index in [0.717, 1.165) is 11.8 Å². The van der Waals surface area contributed by atoms with Crippen LogP contribution in [0, 0.1) is 0 Å². The minimum Gasteiger partial charge on any atom is -0.369 e. The van der Waals surface area contributed by atoms with Gasteiger partial charge in [0, 0.05) is 5.02 Å². The van der Waals surface area contributed by atoms with Crippen LogP contribution in [0.4, 0.5) is 0 Å². The Bertz CT molecular complexity index is 460. The number of carbonyl (C=O) groups excluding carboxylic acids is 2. The van der Waals surface area contributed by atoms with Crippen LogP contribution in [0.3, 0.4) is 0 Å². The summed E-state index contributed by atoms with van der Waals surface area (Å²) in [6.07, 6.45) is 1.42. The number of hydrogen-bond acceptors (Lipinski definition) is 3. The van der Waals surface area contributed by atoms with Crippen molar-refractivity contribution in [3.8, 4) is 0 Å².